The van der Waals surface area contributed by atoms with Gasteiger partial charge in [0.05, 0.1) is 11.9 Å². The van der Waals surface area contributed by atoms with Crippen molar-refractivity contribution in [3.63, 3.8) is 0 Å². The highest BCUT2D eigenvalue weighted by Crippen LogP contribution is 2.38. The number of benzene rings is 2. The second-order valence-electron chi connectivity index (χ2n) is 5.81. The zero-order chi connectivity index (χ0) is 15.5. The van der Waals surface area contributed by atoms with Crippen molar-refractivity contribution in [2.24, 2.45) is 0 Å². The molecule has 0 saturated heterocycles. The van der Waals surface area contributed by atoms with Gasteiger partial charge in [-0.05, 0) is 23.8 Å². The zero-order valence-corrected chi connectivity index (χ0v) is 13.7. The number of thioether (sulfide) groups is 1. The van der Waals surface area contributed by atoms with Gasteiger partial charge in [-0.3, -0.25) is 0 Å². The molecule has 1 N–H and O–H groups in total. The number of rotatable bonds is 5. The number of nitrogens with one attached hydrogen (secondary N) is 1. The predicted molar refractivity (Wildman–Crippen MR) is 95.2 cm³/mol. The molecule has 1 aromatic heterocycles. The summed E-state index contributed by atoms with van der Waals surface area (Å²) in [5.41, 5.74) is 3.80. The predicted octanol–water partition coefficient (Wildman–Crippen LogP) is 3.85. The van der Waals surface area contributed by atoms with Gasteiger partial charge in [0.15, 0.2) is 0 Å². The molecule has 2 heterocycles. The summed E-state index contributed by atoms with van der Waals surface area (Å²) in [5.74, 6) is 1.79. The Morgan fingerprint density at radius 3 is 2.83 bits per heavy atom. The summed E-state index contributed by atoms with van der Waals surface area (Å²) in [5, 5.41) is 8.03. The molecule has 0 bridgehead atoms. The van der Waals surface area contributed by atoms with Crippen molar-refractivity contribution < 1.29 is 0 Å². The molecule has 1 unspecified atom stereocenters. The fraction of sp³-hybridized carbons (Fsp3) is 0.211. The lowest BCUT2D eigenvalue weighted by Crippen LogP contribution is -2.21. The summed E-state index contributed by atoms with van der Waals surface area (Å²) >= 11 is 1.97. The third-order valence-corrected chi connectivity index (χ3v) is 5.43. The van der Waals surface area contributed by atoms with Gasteiger partial charge in [0.1, 0.15) is 0 Å². The maximum atomic E-state index is 4.45. The largest absolute Gasteiger partial charge is 0.312 e. The molecular weight excluding hydrogens is 302 g/mol. The van der Waals surface area contributed by atoms with E-state index in [1.54, 1.807) is 0 Å². The molecule has 23 heavy (non-hydrogen) atoms. The van der Waals surface area contributed by atoms with Crippen molar-refractivity contribution in [2.75, 3.05) is 12.3 Å². The van der Waals surface area contributed by atoms with Gasteiger partial charge in [-0.15, -0.1) is 11.8 Å². The summed E-state index contributed by atoms with van der Waals surface area (Å²) in [6.07, 6.45) is 4.04. The number of aromatic nitrogens is 2. The van der Waals surface area contributed by atoms with E-state index in [0.717, 1.165) is 18.8 Å². The summed E-state index contributed by atoms with van der Waals surface area (Å²) in [6.45, 7) is 1.87. The first-order valence-corrected chi connectivity index (χ1v) is 8.90. The molecule has 0 fully saturated rings. The summed E-state index contributed by atoms with van der Waals surface area (Å²) in [4.78, 5) is 1.44. The van der Waals surface area contributed by atoms with E-state index in [-0.39, 0.29) is 0 Å². The third kappa shape index (κ3) is 3.19. The number of nitrogens with zero attached hydrogens (tertiary/aromatic N) is 2. The van der Waals surface area contributed by atoms with E-state index >= 15 is 0 Å². The van der Waals surface area contributed by atoms with E-state index in [0.29, 0.717) is 5.92 Å². The van der Waals surface area contributed by atoms with Crippen molar-refractivity contribution in [3.05, 3.63) is 78.1 Å². The lowest BCUT2D eigenvalue weighted by atomic mass is 10.0. The van der Waals surface area contributed by atoms with Gasteiger partial charge in [-0.2, -0.15) is 5.10 Å². The quantitative estimate of drug-likeness (QED) is 0.774. The van der Waals surface area contributed by atoms with Crippen LogP contribution >= 0.6 is 11.8 Å². The van der Waals surface area contributed by atoms with Crippen LogP contribution in [0.3, 0.4) is 0 Å². The van der Waals surface area contributed by atoms with Crippen LogP contribution in [0.1, 0.15) is 17.0 Å². The van der Waals surface area contributed by atoms with Crippen molar-refractivity contribution in [3.8, 4) is 5.69 Å². The maximum Gasteiger partial charge on any atom is 0.0645 e. The van der Waals surface area contributed by atoms with Crippen LogP contribution in [0.4, 0.5) is 0 Å². The summed E-state index contributed by atoms with van der Waals surface area (Å²) in [7, 11) is 0. The van der Waals surface area contributed by atoms with Gasteiger partial charge in [-0.25, -0.2) is 4.68 Å². The smallest absolute Gasteiger partial charge is 0.0645 e. The minimum absolute atomic E-state index is 0.611. The topological polar surface area (TPSA) is 29.9 Å². The number of hydrogen-bond donors (Lipinski definition) is 1. The molecule has 3 nitrogen and oxygen atoms in total. The number of hydrogen-bond acceptors (Lipinski definition) is 3. The van der Waals surface area contributed by atoms with E-state index in [4.69, 9.17) is 0 Å². The highest BCUT2D eigenvalue weighted by molar-refractivity contribution is 7.99. The molecule has 4 rings (SSSR count). The molecule has 0 aliphatic carbocycles. The zero-order valence-electron chi connectivity index (χ0n) is 12.9. The average molecular weight is 321 g/mol. The van der Waals surface area contributed by atoms with Crippen molar-refractivity contribution >= 4 is 11.8 Å². The second-order valence-corrected chi connectivity index (χ2v) is 6.87. The van der Waals surface area contributed by atoms with E-state index in [1.807, 2.05) is 40.8 Å². The maximum absolute atomic E-state index is 4.45. The Morgan fingerprint density at radius 2 is 1.91 bits per heavy atom. The normalized spacial score (nSPS) is 16.4. The Balaban J connectivity index is 1.35. The van der Waals surface area contributed by atoms with Crippen LogP contribution in [0, 0.1) is 0 Å². The summed E-state index contributed by atoms with van der Waals surface area (Å²) in [6, 6.07) is 19.0. The van der Waals surface area contributed by atoms with E-state index < -0.39 is 0 Å². The number of fused-ring (bicyclic) bond motifs is 1. The lowest BCUT2D eigenvalue weighted by Gasteiger charge is -2.11. The van der Waals surface area contributed by atoms with E-state index in [9.17, 15) is 0 Å². The molecule has 1 atom stereocenters. The van der Waals surface area contributed by atoms with Gasteiger partial charge in [0.25, 0.3) is 0 Å². The van der Waals surface area contributed by atoms with Gasteiger partial charge >= 0.3 is 0 Å². The van der Waals surface area contributed by atoms with E-state index in [1.165, 1.54) is 21.8 Å². The summed E-state index contributed by atoms with van der Waals surface area (Å²) < 4.78 is 1.93. The van der Waals surface area contributed by atoms with E-state index in [2.05, 4.69) is 53.0 Å². The molecular formula is C19H19N3S. The molecule has 1 aliphatic heterocycles. The Hall–Kier alpha value is -2.04. The van der Waals surface area contributed by atoms with Crippen LogP contribution in [0.15, 0.2) is 71.9 Å². The van der Waals surface area contributed by atoms with Crippen molar-refractivity contribution in [1.82, 2.24) is 15.1 Å². The average Bonchev–Trinajstić information content (AvgIpc) is 3.23. The van der Waals surface area contributed by atoms with Crippen LogP contribution < -0.4 is 5.32 Å². The first-order valence-electron chi connectivity index (χ1n) is 7.91. The second kappa shape index (κ2) is 6.60. The fourth-order valence-corrected chi connectivity index (χ4v) is 4.22. The van der Waals surface area contributed by atoms with Gasteiger partial charge in [-0.1, -0.05) is 36.4 Å². The lowest BCUT2D eigenvalue weighted by molar-refractivity contribution is 0.621. The Morgan fingerprint density at radius 1 is 1.09 bits per heavy atom. The Labute approximate surface area is 140 Å². The van der Waals surface area contributed by atoms with Crippen molar-refractivity contribution in [1.29, 1.82) is 0 Å². The van der Waals surface area contributed by atoms with Crippen LogP contribution in [-0.2, 0) is 6.54 Å². The SMILES string of the molecule is c1ccc(-n2cc(CNCC3CSc4ccccc43)cn2)cc1. The molecule has 0 radical (unpaired) electrons. The first-order chi connectivity index (χ1) is 11.4. The van der Waals surface area contributed by atoms with Crippen LogP contribution in [-0.4, -0.2) is 22.1 Å². The standard InChI is InChI=1S/C19H19N3S/c1-2-6-17(7-3-1)22-13-15(11-21-22)10-20-12-16-14-23-19-9-5-4-8-18(16)19/h1-9,11,13,16,20H,10,12,14H2. The molecule has 3 aromatic rings. The van der Waals surface area contributed by atoms with Crippen LogP contribution in [0.25, 0.3) is 5.69 Å². The fourth-order valence-electron chi connectivity index (χ4n) is 2.96. The first kappa shape index (κ1) is 14.5. The highest BCUT2D eigenvalue weighted by Gasteiger charge is 2.21. The molecule has 0 spiro atoms. The van der Waals surface area contributed by atoms with Gasteiger partial charge < -0.3 is 5.32 Å². The highest BCUT2D eigenvalue weighted by atomic mass is 32.2. The third-order valence-electron chi connectivity index (χ3n) is 4.18. The van der Waals surface area contributed by atoms with Gasteiger partial charge in [0.2, 0.25) is 0 Å². The van der Waals surface area contributed by atoms with Crippen LogP contribution in [0.2, 0.25) is 0 Å². The molecule has 0 saturated carbocycles. The Kier molecular flexibility index (Phi) is 4.18. The Bertz CT molecular complexity index is 782. The molecule has 1 aliphatic rings. The molecule has 0 amide bonds. The van der Waals surface area contributed by atoms with Crippen LogP contribution in [0.5, 0.6) is 0 Å². The van der Waals surface area contributed by atoms with Gasteiger partial charge in [0, 0.05) is 41.4 Å². The minimum Gasteiger partial charge on any atom is -0.312 e. The molecule has 2 aromatic carbocycles. The number of para-hydroxylation sites is 1. The monoisotopic (exact) mass is 321 g/mol. The molecule has 116 valence electrons. The minimum atomic E-state index is 0.611. The van der Waals surface area contributed by atoms with Crippen molar-refractivity contribution in [2.45, 2.75) is 17.4 Å². The molecule has 4 heteroatoms.